The van der Waals surface area contributed by atoms with Crippen molar-refractivity contribution in [1.82, 2.24) is 4.90 Å². The Bertz CT molecular complexity index is 347. The second-order valence-corrected chi connectivity index (χ2v) is 6.77. The van der Waals surface area contributed by atoms with Crippen LogP contribution >= 0.6 is 22.9 Å². The third-order valence-corrected chi connectivity index (χ3v) is 5.00. The van der Waals surface area contributed by atoms with Gasteiger partial charge in [-0.25, -0.2) is 0 Å². The zero-order chi connectivity index (χ0) is 12.3. The van der Waals surface area contributed by atoms with E-state index in [9.17, 15) is 0 Å². The van der Waals surface area contributed by atoms with E-state index in [0.29, 0.717) is 6.04 Å². The summed E-state index contributed by atoms with van der Waals surface area (Å²) in [6, 6.07) is 4.62. The maximum absolute atomic E-state index is 5.96. The van der Waals surface area contributed by atoms with E-state index in [0.717, 1.165) is 23.3 Å². The van der Waals surface area contributed by atoms with Gasteiger partial charge in [0.05, 0.1) is 4.34 Å². The van der Waals surface area contributed by atoms with Gasteiger partial charge in [0.25, 0.3) is 0 Å². The molecule has 0 saturated heterocycles. The molecule has 2 N–H and O–H groups in total. The summed E-state index contributed by atoms with van der Waals surface area (Å²) in [6.07, 6.45) is 5.44. The highest BCUT2D eigenvalue weighted by Gasteiger charge is 2.27. The number of thiophene rings is 1. The second-order valence-electron chi connectivity index (χ2n) is 4.97. The van der Waals surface area contributed by atoms with Gasteiger partial charge in [-0.2, -0.15) is 0 Å². The first-order valence-electron chi connectivity index (χ1n) is 6.35. The molecule has 1 fully saturated rings. The van der Waals surface area contributed by atoms with E-state index in [1.54, 1.807) is 11.3 Å². The van der Waals surface area contributed by atoms with E-state index >= 15 is 0 Å². The molecular weight excluding hydrogens is 252 g/mol. The van der Waals surface area contributed by atoms with Gasteiger partial charge in [0.1, 0.15) is 0 Å². The molecule has 1 aromatic heterocycles. The molecule has 1 aliphatic rings. The van der Waals surface area contributed by atoms with E-state index < -0.39 is 0 Å². The van der Waals surface area contributed by atoms with Crippen LogP contribution in [0, 0.1) is 5.92 Å². The molecule has 1 aliphatic carbocycles. The van der Waals surface area contributed by atoms with Gasteiger partial charge >= 0.3 is 0 Å². The fourth-order valence-electron chi connectivity index (χ4n) is 2.87. The number of hydrogen-bond acceptors (Lipinski definition) is 3. The van der Waals surface area contributed by atoms with Crippen molar-refractivity contribution in [3.8, 4) is 0 Å². The third kappa shape index (κ3) is 3.44. The molecule has 0 aliphatic heterocycles. The highest BCUT2D eigenvalue weighted by molar-refractivity contribution is 7.16. The highest BCUT2D eigenvalue weighted by atomic mass is 35.5. The smallest absolute Gasteiger partial charge is 0.0931 e. The number of hydrogen-bond donors (Lipinski definition) is 1. The lowest BCUT2D eigenvalue weighted by molar-refractivity contribution is 0.175. The van der Waals surface area contributed by atoms with E-state index in [2.05, 4.69) is 18.0 Å². The molecule has 96 valence electrons. The predicted octanol–water partition coefficient (Wildman–Crippen LogP) is 3.35. The van der Waals surface area contributed by atoms with Gasteiger partial charge in [0, 0.05) is 24.0 Å². The second kappa shape index (κ2) is 6.19. The SMILES string of the molecule is CN(Cc1ccc(Cl)s1)C(CN)C1CCCC1. The molecule has 2 rings (SSSR count). The Morgan fingerprint density at radius 2 is 2.18 bits per heavy atom. The molecule has 0 bridgehead atoms. The number of likely N-dealkylation sites (N-methyl/N-ethyl adjacent to an activating group) is 1. The number of rotatable bonds is 5. The van der Waals surface area contributed by atoms with Gasteiger partial charge in [-0.15, -0.1) is 11.3 Å². The Hall–Kier alpha value is -0.0900. The molecule has 1 heterocycles. The lowest BCUT2D eigenvalue weighted by atomic mass is 9.97. The molecular formula is C13H21ClN2S. The van der Waals surface area contributed by atoms with Crippen LogP contribution in [0.5, 0.6) is 0 Å². The van der Waals surface area contributed by atoms with Gasteiger partial charge in [-0.05, 0) is 37.9 Å². The molecule has 2 nitrogen and oxygen atoms in total. The summed E-state index contributed by atoms with van der Waals surface area (Å²) in [5, 5.41) is 0. The van der Waals surface area contributed by atoms with Crippen molar-refractivity contribution in [2.75, 3.05) is 13.6 Å². The molecule has 0 spiro atoms. The van der Waals surface area contributed by atoms with Crippen LogP contribution < -0.4 is 5.73 Å². The topological polar surface area (TPSA) is 29.3 Å². The molecule has 4 heteroatoms. The summed E-state index contributed by atoms with van der Waals surface area (Å²) >= 11 is 7.63. The van der Waals surface area contributed by atoms with Gasteiger partial charge in [-0.1, -0.05) is 24.4 Å². The number of nitrogens with zero attached hydrogens (tertiary/aromatic N) is 1. The maximum Gasteiger partial charge on any atom is 0.0931 e. The van der Waals surface area contributed by atoms with Crippen molar-refractivity contribution in [1.29, 1.82) is 0 Å². The minimum absolute atomic E-state index is 0.526. The summed E-state index contributed by atoms with van der Waals surface area (Å²) in [5.74, 6) is 0.792. The molecule has 17 heavy (non-hydrogen) atoms. The van der Waals surface area contributed by atoms with E-state index in [1.807, 2.05) is 6.07 Å². The lowest BCUT2D eigenvalue weighted by Crippen LogP contribution is -2.42. The Balaban J connectivity index is 1.94. The number of nitrogens with two attached hydrogens (primary N) is 1. The van der Waals surface area contributed by atoms with Crippen LogP contribution in [-0.4, -0.2) is 24.5 Å². The van der Waals surface area contributed by atoms with Gasteiger partial charge < -0.3 is 5.73 Å². The normalized spacial score (nSPS) is 19.1. The molecule has 1 atom stereocenters. The zero-order valence-corrected chi connectivity index (χ0v) is 11.9. The minimum atomic E-state index is 0.526. The summed E-state index contributed by atoms with van der Waals surface area (Å²) in [7, 11) is 2.18. The fourth-order valence-corrected chi connectivity index (χ4v) is 4.03. The quantitative estimate of drug-likeness (QED) is 0.891. The van der Waals surface area contributed by atoms with Crippen molar-refractivity contribution < 1.29 is 0 Å². The van der Waals surface area contributed by atoms with Gasteiger partial charge in [0.2, 0.25) is 0 Å². The van der Waals surface area contributed by atoms with Crippen LogP contribution in [-0.2, 0) is 6.54 Å². The van der Waals surface area contributed by atoms with Crippen LogP contribution in [0.15, 0.2) is 12.1 Å². The van der Waals surface area contributed by atoms with E-state index in [1.165, 1.54) is 30.6 Å². The molecule has 0 aromatic carbocycles. The van der Waals surface area contributed by atoms with Crippen molar-refractivity contribution in [3.63, 3.8) is 0 Å². The Morgan fingerprint density at radius 1 is 1.47 bits per heavy atom. The average Bonchev–Trinajstić information content (AvgIpc) is 2.92. The van der Waals surface area contributed by atoms with Crippen molar-refractivity contribution >= 4 is 22.9 Å². The molecule has 0 amide bonds. The molecule has 1 unspecified atom stereocenters. The summed E-state index contributed by atoms with van der Waals surface area (Å²) in [4.78, 5) is 3.73. The molecule has 0 radical (unpaired) electrons. The molecule has 1 aromatic rings. The third-order valence-electron chi connectivity index (χ3n) is 3.79. The Kier molecular flexibility index (Phi) is 4.86. The first-order valence-corrected chi connectivity index (χ1v) is 7.54. The monoisotopic (exact) mass is 272 g/mol. The summed E-state index contributed by atoms with van der Waals surface area (Å²) in [5.41, 5.74) is 5.95. The van der Waals surface area contributed by atoms with Gasteiger partial charge in [0.15, 0.2) is 0 Å². The largest absolute Gasteiger partial charge is 0.329 e. The standard InChI is InChI=1S/C13H21ClN2S/c1-16(9-11-6-7-13(14)17-11)12(8-15)10-4-2-3-5-10/h6-7,10,12H,2-5,8-9,15H2,1H3. The lowest BCUT2D eigenvalue weighted by Gasteiger charge is -2.31. The van der Waals surface area contributed by atoms with Crippen LogP contribution in [0.4, 0.5) is 0 Å². The van der Waals surface area contributed by atoms with E-state index in [4.69, 9.17) is 17.3 Å². The Morgan fingerprint density at radius 3 is 2.71 bits per heavy atom. The van der Waals surface area contributed by atoms with Crippen molar-refractivity contribution in [3.05, 3.63) is 21.3 Å². The van der Waals surface area contributed by atoms with Crippen LogP contribution in [0.25, 0.3) is 0 Å². The minimum Gasteiger partial charge on any atom is -0.329 e. The van der Waals surface area contributed by atoms with Crippen LogP contribution in [0.1, 0.15) is 30.6 Å². The first kappa shape index (κ1) is 13.3. The fraction of sp³-hybridized carbons (Fsp3) is 0.692. The summed E-state index contributed by atoms with van der Waals surface area (Å²) in [6.45, 7) is 1.73. The average molecular weight is 273 g/mol. The first-order chi connectivity index (χ1) is 8.20. The van der Waals surface area contributed by atoms with Crippen LogP contribution in [0.3, 0.4) is 0 Å². The van der Waals surface area contributed by atoms with Crippen molar-refractivity contribution in [2.45, 2.75) is 38.3 Å². The summed E-state index contributed by atoms with van der Waals surface area (Å²) < 4.78 is 0.874. The highest BCUT2D eigenvalue weighted by Crippen LogP contribution is 2.31. The predicted molar refractivity (Wildman–Crippen MR) is 75.6 cm³/mol. The Labute approximate surface area is 113 Å². The number of halogens is 1. The van der Waals surface area contributed by atoms with Crippen molar-refractivity contribution in [2.24, 2.45) is 11.7 Å². The maximum atomic E-state index is 5.96. The van der Waals surface area contributed by atoms with E-state index in [-0.39, 0.29) is 0 Å². The zero-order valence-electron chi connectivity index (χ0n) is 10.4. The molecule has 1 saturated carbocycles. The van der Waals surface area contributed by atoms with Gasteiger partial charge in [-0.3, -0.25) is 4.90 Å². The van der Waals surface area contributed by atoms with Crippen LogP contribution in [0.2, 0.25) is 4.34 Å².